The van der Waals surface area contributed by atoms with E-state index in [2.05, 4.69) is 4.72 Å². The van der Waals surface area contributed by atoms with Gasteiger partial charge in [-0.2, -0.15) is 0 Å². The molecule has 3 N–H and O–H groups in total. The maximum Gasteiger partial charge on any atom is 0.257 e. The first-order valence-corrected chi connectivity index (χ1v) is 9.89. The van der Waals surface area contributed by atoms with Crippen LogP contribution in [0.5, 0.6) is 5.75 Å². The molecule has 1 aliphatic rings. The SMILES string of the molecule is COc1c(C(=O)N(C)C)cc(Cl)cc1S(=O)(=O)NC1CCC(N)CC1.Cl. The van der Waals surface area contributed by atoms with E-state index in [4.69, 9.17) is 22.1 Å². The summed E-state index contributed by atoms with van der Waals surface area (Å²) < 4.78 is 33.6. The van der Waals surface area contributed by atoms with Gasteiger partial charge in [0.15, 0.2) is 5.75 Å². The zero-order valence-electron chi connectivity index (χ0n) is 15.0. The molecule has 0 aromatic heterocycles. The fraction of sp³-hybridized carbons (Fsp3) is 0.562. The molecule has 1 aromatic carbocycles. The summed E-state index contributed by atoms with van der Waals surface area (Å²) in [5.74, 6) is -0.400. The van der Waals surface area contributed by atoms with Gasteiger partial charge in [-0.15, -0.1) is 12.4 Å². The van der Waals surface area contributed by atoms with E-state index in [1.807, 2.05) is 0 Å². The average Bonchev–Trinajstić information content (AvgIpc) is 2.55. The van der Waals surface area contributed by atoms with Crippen LogP contribution in [0, 0.1) is 0 Å². The largest absolute Gasteiger partial charge is 0.494 e. The molecular weight excluding hydrogens is 401 g/mol. The standard InChI is InChI=1S/C16H24ClN3O4S.ClH/c1-20(2)16(21)13-8-10(17)9-14(15(13)24-3)25(22,23)19-12-6-4-11(18)5-7-12;/h8-9,11-12,19H,4-7,18H2,1-3H3;1H. The van der Waals surface area contributed by atoms with Crippen molar-refractivity contribution in [3.63, 3.8) is 0 Å². The summed E-state index contributed by atoms with van der Waals surface area (Å²) in [5, 5.41) is 0.150. The van der Waals surface area contributed by atoms with E-state index in [0.717, 1.165) is 12.8 Å². The van der Waals surface area contributed by atoms with Crippen molar-refractivity contribution in [1.29, 1.82) is 0 Å². The van der Waals surface area contributed by atoms with Crippen molar-refractivity contribution >= 4 is 39.9 Å². The van der Waals surface area contributed by atoms with Crippen molar-refractivity contribution in [3.05, 3.63) is 22.7 Å². The Balaban J connectivity index is 0.00000338. The second kappa shape index (κ2) is 9.23. The molecule has 148 valence electrons. The lowest BCUT2D eigenvalue weighted by Gasteiger charge is -2.27. The van der Waals surface area contributed by atoms with Crippen molar-refractivity contribution in [1.82, 2.24) is 9.62 Å². The van der Waals surface area contributed by atoms with Crippen LogP contribution in [0.2, 0.25) is 5.02 Å². The van der Waals surface area contributed by atoms with Crippen LogP contribution in [-0.4, -0.2) is 52.5 Å². The molecular formula is C16H25Cl2N3O4S. The van der Waals surface area contributed by atoms with E-state index in [0.29, 0.717) is 12.8 Å². The number of nitrogens with two attached hydrogens (primary N) is 1. The van der Waals surface area contributed by atoms with Crippen molar-refractivity contribution in [2.45, 2.75) is 42.7 Å². The predicted molar refractivity (Wildman–Crippen MR) is 104 cm³/mol. The Morgan fingerprint density at radius 1 is 1.27 bits per heavy atom. The van der Waals surface area contributed by atoms with Crippen LogP contribution in [0.1, 0.15) is 36.0 Å². The Morgan fingerprint density at radius 2 is 1.85 bits per heavy atom. The number of carbonyl (C=O) groups excluding carboxylic acids is 1. The average molecular weight is 426 g/mol. The summed E-state index contributed by atoms with van der Waals surface area (Å²) in [6, 6.07) is 2.62. The maximum atomic E-state index is 12.9. The fourth-order valence-electron chi connectivity index (χ4n) is 2.90. The third-order valence-electron chi connectivity index (χ3n) is 4.24. The Bertz CT molecular complexity index is 748. The molecule has 0 spiro atoms. The second-order valence-corrected chi connectivity index (χ2v) is 8.54. The van der Waals surface area contributed by atoms with Gasteiger partial charge in [0.1, 0.15) is 4.90 Å². The molecule has 1 saturated carbocycles. The first-order valence-electron chi connectivity index (χ1n) is 8.02. The number of ether oxygens (including phenoxy) is 1. The first kappa shape index (κ1) is 23.0. The number of amides is 1. The summed E-state index contributed by atoms with van der Waals surface area (Å²) in [5.41, 5.74) is 5.96. The predicted octanol–water partition coefficient (Wildman–Crippen LogP) is 2.02. The van der Waals surface area contributed by atoms with E-state index in [9.17, 15) is 13.2 Å². The number of hydrogen-bond donors (Lipinski definition) is 2. The Labute approximate surface area is 165 Å². The van der Waals surface area contributed by atoms with Gasteiger partial charge in [0.2, 0.25) is 10.0 Å². The van der Waals surface area contributed by atoms with Crippen LogP contribution in [0.3, 0.4) is 0 Å². The highest BCUT2D eigenvalue weighted by Crippen LogP contribution is 2.33. The molecule has 1 aromatic rings. The van der Waals surface area contributed by atoms with Crippen molar-refractivity contribution in [2.24, 2.45) is 5.73 Å². The first-order chi connectivity index (χ1) is 11.7. The number of methoxy groups -OCH3 is 1. The Kier molecular flexibility index (Phi) is 8.16. The Morgan fingerprint density at radius 3 is 2.35 bits per heavy atom. The van der Waals surface area contributed by atoms with Crippen LogP contribution < -0.4 is 15.2 Å². The third-order valence-corrected chi connectivity index (χ3v) is 5.99. The monoisotopic (exact) mass is 425 g/mol. The summed E-state index contributed by atoms with van der Waals surface area (Å²) in [6.45, 7) is 0. The van der Waals surface area contributed by atoms with Gasteiger partial charge in [0.05, 0.1) is 12.7 Å². The lowest BCUT2D eigenvalue weighted by Crippen LogP contribution is -2.40. The maximum absolute atomic E-state index is 12.9. The van der Waals surface area contributed by atoms with E-state index in [1.54, 1.807) is 14.1 Å². The third kappa shape index (κ3) is 5.23. The van der Waals surface area contributed by atoms with E-state index in [1.165, 1.54) is 24.1 Å². The van der Waals surface area contributed by atoms with Gasteiger partial charge in [0, 0.05) is 31.2 Å². The molecule has 2 rings (SSSR count). The van der Waals surface area contributed by atoms with Gasteiger partial charge in [-0.3, -0.25) is 4.79 Å². The van der Waals surface area contributed by atoms with Crippen LogP contribution in [0.15, 0.2) is 17.0 Å². The van der Waals surface area contributed by atoms with E-state index < -0.39 is 10.0 Å². The molecule has 1 aliphatic carbocycles. The quantitative estimate of drug-likeness (QED) is 0.750. The molecule has 1 fully saturated rings. The molecule has 0 atom stereocenters. The van der Waals surface area contributed by atoms with Crippen LogP contribution in [0.25, 0.3) is 0 Å². The normalized spacial score (nSPS) is 20.2. The molecule has 0 bridgehead atoms. The molecule has 0 aliphatic heterocycles. The minimum absolute atomic E-state index is 0. The van der Waals surface area contributed by atoms with Crippen LogP contribution in [-0.2, 0) is 10.0 Å². The van der Waals surface area contributed by atoms with Gasteiger partial charge < -0.3 is 15.4 Å². The molecule has 0 saturated heterocycles. The van der Waals surface area contributed by atoms with Crippen LogP contribution >= 0.6 is 24.0 Å². The number of carbonyl (C=O) groups is 1. The lowest BCUT2D eigenvalue weighted by molar-refractivity contribution is 0.0824. The van der Waals surface area contributed by atoms with Gasteiger partial charge in [-0.05, 0) is 37.8 Å². The molecule has 0 unspecified atom stereocenters. The number of sulfonamides is 1. The second-order valence-electron chi connectivity index (χ2n) is 6.42. The van der Waals surface area contributed by atoms with E-state index >= 15 is 0 Å². The number of nitrogens with zero attached hydrogens (tertiary/aromatic N) is 1. The van der Waals surface area contributed by atoms with Crippen LogP contribution in [0.4, 0.5) is 0 Å². The van der Waals surface area contributed by atoms with Gasteiger partial charge in [0.25, 0.3) is 5.91 Å². The zero-order valence-corrected chi connectivity index (χ0v) is 17.4. The summed E-state index contributed by atoms with van der Waals surface area (Å²) >= 11 is 6.06. The summed E-state index contributed by atoms with van der Waals surface area (Å²) in [7, 11) is 0.572. The topological polar surface area (TPSA) is 102 Å². The molecule has 0 heterocycles. The number of benzene rings is 1. The van der Waals surface area contributed by atoms with Gasteiger partial charge in [-0.25, -0.2) is 13.1 Å². The number of hydrogen-bond acceptors (Lipinski definition) is 5. The van der Waals surface area contributed by atoms with Crippen molar-refractivity contribution < 1.29 is 17.9 Å². The van der Waals surface area contributed by atoms with Crippen molar-refractivity contribution in [2.75, 3.05) is 21.2 Å². The molecule has 26 heavy (non-hydrogen) atoms. The fourth-order valence-corrected chi connectivity index (χ4v) is 4.70. The molecule has 10 heteroatoms. The smallest absolute Gasteiger partial charge is 0.257 e. The molecule has 0 radical (unpaired) electrons. The highest BCUT2D eigenvalue weighted by atomic mass is 35.5. The molecule has 7 nitrogen and oxygen atoms in total. The Hall–Kier alpha value is -1.06. The zero-order chi connectivity index (χ0) is 18.8. The highest BCUT2D eigenvalue weighted by Gasteiger charge is 2.29. The van der Waals surface area contributed by atoms with E-state index in [-0.39, 0.29) is 51.6 Å². The van der Waals surface area contributed by atoms with Crippen molar-refractivity contribution in [3.8, 4) is 5.75 Å². The highest BCUT2D eigenvalue weighted by molar-refractivity contribution is 7.89. The minimum atomic E-state index is -3.90. The van der Waals surface area contributed by atoms with Gasteiger partial charge in [-0.1, -0.05) is 11.6 Å². The number of nitrogens with one attached hydrogen (secondary N) is 1. The summed E-state index contributed by atoms with van der Waals surface area (Å²) in [6.07, 6.45) is 2.88. The minimum Gasteiger partial charge on any atom is -0.494 e. The lowest BCUT2D eigenvalue weighted by atomic mass is 9.93. The van der Waals surface area contributed by atoms with Gasteiger partial charge >= 0.3 is 0 Å². The number of rotatable bonds is 5. The molecule has 1 amide bonds. The summed E-state index contributed by atoms with van der Waals surface area (Å²) in [4.78, 5) is 13.5. The number of halogens is 2.